The van der Waals surface area contributed by atoms with Gasteiger partial charge in [0.15, 0.2) is 0 Å². The Morgan fingerprint density at radius 2 is 1.96 bits per heavy atom. The lowest BCUT2D eigenvalue weighted by Gasteiger charge is -2.08. The van der Waals surface area contributed by atoms with Gasteiger partial charge < -0.3 is 14.2 Å². The molecular weight excluding hydrogens is 316 g/mol. The van der Waals surface area contributed by atoms with Gasteiger partial charge in [-0.1, -0.05) is 5.16 Å². The predicted molar refractivity (Wildman–Crippen MR) is 95.6 cm³/mol. The van der Waals surface area contributed by atoms with Crippen molar-refractivity contribution in [3.05, 3.63) is 47.6 Å². The molecule has 4 rings (SSSR count). The first-order valence-electron chi connectivity index (χ1n) is 8.01. The van der Waals surface area contributed by atoms with Crippen molar-refractivity contribution in [3.63, 3.8) is 0 Å². The van der Waals surface area contributed by atoms with Crippen LogP contribution in [0.3, 0.4) is 0 Å². The fourth-order valence-electron chi connectivity index (χ4n) is 3.13. The first-order valence-corrected chi connectivity index (χ1v) is 8.01. The van der Waals surface area contributed by atoms with E-state index in [1.165, 1.54) is 0 Å². The molecule has 0 fully saturated rings. The highest BCUT2D eigenvalue weighted by molar-refractivity contribution is 5.96. The predicted octanol–water partition coefficient (Wildman–Crippen LogP) is 4.21. The van der Waals surface area contributed by atoms with Gasteiger partial charge in [-0.3, -0.25) is 0 Å². The van der Waals surface area contributed by atoms with Crippen molar-refractivity contribution in [3.8, 4) is 28.4 Å². The van der Waals surface area contributed by atoms with Crippen LogP contribution in [0.25, 0.3) is 33.4 Å². The van der Waals surface area contributed by atoms with E-state index in [9.17, 15) is 0 Å². The normalized spacial score (nSPS) is 11.2. The number of rotatable bonds is 3. The highest BCUT2D eigenvalue weighted by Gasteiger charge is 2.17. The molecule has 0 spiro atoms. The summed E-state index contributed by atoms with van der Waals surface area (Å²) >= 11 is 0. The molecule has 25 heavy (non-hydrogen) atoms. The number of aryl methyl sites for hydroxylation is 3. The van der Waals surface area contributed by atoms with Crippen LogP contribution < -0.4 is 4.74 Å². The zero-order valence-electron chi connectivity index (χ0n) is 14.5. The Balaban J connectivity index is 2.02. The topological polar surface area (TPSA) is 76.8 Å². The standard InChI is InChI=1S/C19H18N4O2/c1-10-7-14-15(21-10)9-16(18-11(2)23-25-12(18)3)22-19(14)13-5-6-20-17(8-13)24-4/h5-9,21H,1-4H3. The number of pyridine rings is 2. The van der Waals surface area contributed by atoms with Gasteiger partial charge in [0, 0.05) is 34.4 Å². The minimum absolute atomic E-state index is 0.558. The minimum Gasteiger partial charge on any atom is -0.481 e. The van der Waals surface area contributed by atoms with E-state index in [1.807, 2.05) is 39.0 Å². The number of nitrogens with one attached hydrogen (secondary N) is 1. The fraction of sp³-hybridized carbons (Fsp3) is 0.211. The molecule has 126 valence electrons. The van der Waals surface area contributed by atoms with Gasteiger partial charge in [-0.2, -0.15) is 0 Å². The van der Waals surface area contributed by atoms with Crippen molar-refractivity contribution in [2.75, 3.05) is 7.11 Å². The first-order chi connectivity index (χ1) is 12.1. The maximum Gasteiger partial charge on any atom is 0.213 e. The van der Waals surface area contributed by atoms with Crippen LogP contribution in [0, 0.1) is 20.8 Å². The smallest absolute Gasteiger partial charge is 0.213 e. The van der Waals surface area contributed by atoms with Crippen LogP contribution in [0.1, 0.15) is 17.1 Å². The molecule has 0 saturated carbocycles. The van der Waals surface area contributed by atoms with Crippen molar-refractivity contribution in [2.24, 2.45) is 0 Å². The SMILES string of the molecule is COc1cc(-c2nc(-c3c(C)noc3C)cc3[nH]c(C)cc23)ccn1. The molecule has 0 aliphatic heterocycles. The van der Waals surface area contributed by atoms with Gasteiger partial charge >= 0.3 is 0 Å². The molecule has 0 unspecified atom stereocenters. The first kappa shape index (κ1) is 15.4. The Kier molecular flexibility index (Phi) is 3.53. The summed E-state index contributed by atoms with van der Waals surface area (Å²) in [6.45, 7) is 5.86. The average Bonchev–Trinajstić information content (AvgIpc) is 3.15. The number of methoxy groups -OCH3 is 1. The Morgan fingerprint density at radius 3 is 2.68 bits per heavy atom. The molecule has 1 N–H and O–H groups in total. The van der Waals surface area contributed by atoms with E-state index in [0.29, 0.717) is 5.88 Å². The van der Waals surface area contributed by atoms with E-state index in [-0.39, 0.29) is 0 Å². The van der Waals surface area contributed by atoms with E-state index < -0.39 is 0 Å². The van der Waals surface area contributed by atoms with Crippen molar-refractivity contribution in [1.82, 2.24) is 20.1 Å². The van der Waals surface area contributed by atoms with E-state index in [4.69, 9.17) is 14.2 Å². The van der Waals surface area contributed by atoms with Crippen LogP contribution in [-0.4, -0.2) is 27.2 Å². The van der Waals surface area contributed by atoms with Gasteiger partial charge in [0.25, 0.3) is 0 Å². The van der Waals surface area contributed by atoms with Crippen LogP contribution in [0.5, 0.6) is 5.88 Å². The number of hydrogen-bond acceptors (Lipinski definition) is 5. The van der Waals surface area contributed by atoms with Crippen molar-refractivity contribution in [1.29, 1.82) is 0 Å². The highest BCUT2D eigenvalue weighted by atomic mass is 16.5. The molecule has 0 bridgehead atoms. The number of hydrogen-bond donors (Lipinski definition) is 1. The number of fused-ring (bicyclic) bond motifs is 1. The lowest BCUT2D eigenvalue weighted by molar-refractivity contribution is 0.393. The maximum atomic E-state index is 5.32. The molecule has 0 saturated heterocycles. The Morgan fingerprint density at radius 1 is 1.12 bits per heavy atom. The number of ether oxygens (including phenoxy) is 1. The van der Waals surface area contributed by atoms with Crippen molar-refractivity contribution < 1.29 is 9.26 Å². The van der Waals surface area contributed by atoms with Gasteiger partial charge in [0.05, 0.1) is 29.8 Å². The quantitative estimate of drug-likeness (QED) is 0.607. The summed E-state index contributed by atoms with van der Waals surface area (Å²) in [7, 11) is 1.61. The molecule has 0 radical (unpaired) electrons. The van der Waals surface area contributed by atoms with E-state index in [1.54, 1.807) is 13.3 Å². The van der Waals surface area contributed by atoms with E-state index in [0.717, 1.165) is 50.6 Å². The zero-order chi connectivity index (χ0) is 17.6. The number of aromatic amines is 1. The van der Waals surface area contributed by atoms with Crippen LogP contribution in [-0.2, 0) is 0 Å². The van der Waals surface area contributed by atoms with Gasteiger partial charge in [-0.05, 0) is 39.0 Å². The lowest BCUT2D eigenvalue weighted by Crippen LogP contribution is -1.93. The molecule has 4 aromatic rings. The monoisotopic (exact) mass is 334 g/mol. The molecule has 4 aromatic heterocycles. The Hall–Kier alpha value is -3.15. The average molecular weight is 334 g/mol. The summed E-state index contributed by atoms with van der Waals surface area (Å²) < 4.78 is 10.6. The second-order valence-corrected chi connectivity index (χ2v) is 6.06. The second kappa shape index (κ2) is 5.73. The summed E-state index contributed by atoms with van der Waals surface area (Å²) in [5.74, 6) is 1.31. The van der Waals surface area contributed by atoms with Gasteiger partial charge in [0.1, 0.15) is 5.76 Å². The van der Waals surface area contributed by atoms with Crippen LogP contribution in [0.4, 0.5) is 0 Å². The van der Waals surface area contributed by atoms with E-state index >= 15 is 0 Å². The largest absolute Gasteiger partial charge is 0.481 e. The molecule has 0 aromatic carbocycles. The Bertz CT molecular complexity index is 1060. The van der Waals surface area contributed by atoms with Crippen LogP contribution in [0.2, 0.25) is 0 Å². The van der Waals surface area contributed by atoms with E-state index in [2.05, 4.69) is 21.2 Å². The molecule has 6 heteroatoms. The van der Waals surface area contributed by atoms with Gasteiger partial charge in [0.2, 0.25) is 5.88 Å². The third kappa shape index (κ3) is 2.55. The molecule has 0 aliphatic rings. The van der Waals surface area contributed by atoms with Crippen LogP contribution >= 0.6 is 0 Å². The number of aromatic nitrogens is 4. The van der Waals surface area contributed by atoms with Crippen LogP contribution in [0.15, 0.2) is 35.0 Å². The van der Waals surface area contributed by atoms with Gasteiger partial charge in [-0.25, -0.2) is 9.97 Å². The molecule has 6 nitrogen and oxygen atoms in total. The second-order valence-electron chi connectivity index (χ2n) is 6.06. The number of nitrogens with zero attached hydrogens (tertiary/aromatic N) is 3. The minimum atomic E-state index is 0.558. The van der Waals surface area contributed by atoms with Crippen molar-refractivity contribution in [2.45, 2.75) is 20.8 Å². The molecule has 0 aliphatic carbocycles. The van der Waals surface area contributed by atoms with Crippen molar-refractivity contribution >= 4 is 10.9 Å². The number of H-pyrrole nitrogens is 1. The summed E-state index contributed by atoms with van der Waals surface area (Å²) in [6.07, 6.45) is 1.73. The lowest BCUT2D eigenvalue weighted by atomic mass is 10.0. The third-order valence-electron chi connectivity index (χ3n) is 4.26. The molecule has 0 atom stereocenters. The summed E-state index contributed by atoms with van der Waals surface area (Å²) in [5, 5.41) is 5.11. The third-order valence-corrected chi connectivity index (χ3v) is 4.26. The molecular formula is C19H18N4O2. The fourth-order valence-corrected chi connectivity index (χ4v) is 3.13. The molecule has 4 heterocycles. The molecule has 0 amide bonds. The highest BCUT2D eigenvalue weighted by Crippen LogP contribution is 2.34. The maximum absolute atomic E-state index is 5.32. The summed E-state index contributed by atoms with van der Waals surface area (Å²) in [5.41, 5.74) is 6.50. The Labute approximate surface area is 144 Å². The van der Waals surface area contributed by atoms with Gasteiger partial charge in [-0.15, -0.1) is 0 Å². The summed E-state index contributed by atoms with van der Waals surface area (Å²) in [6, 6.07) is 7.96. The summed E-state index contributed by atoms with van der Waals surface area (Å²) in [4.78, 5) is 12.5. The zero-order valence-corrected chi connectivity index (χ0v) is 14.5.